The summed E-state index contributed by atoms with van der Waals surface area (Å²) in [6.07, 6.45) is 0. The fourth-order valence-electron chi connectivity index (χ4n) is 1.60. The second kappa shape index (κ2) is 5.72. The van der Waals surface area contributed by atoms with E-state index in [4.69, 9.17) is 11.6 Å². The lowest BCUT2D eigenvalue weighted by Crippen LogP contribution is -2.13. The van der Waals surface area contributed by atoms with Crippen molar-refractivity contribution < 1.29 is 9.18 Å². The Balaban J connectivity index is 2.26. The summed E-state index contributed by atoms with van der Waals surface area (Å²) in [5.74, 6) is -0.802. The average Bonchev–Trinajstić information content (AvgIpc) is 2.37. The molecule has 0 aromatic heterocycles. The van der Waals surface area contributed by atoms with Crippen molar-refractivity contribution in [1.82, 2.24) is 0 Å². The number of nitrogens with one attached hydrogen (secondary N) is 1. The molecule has 0 fully saturated rings. The first-order valence-electron chi connectivity index (χ1n) is 5.50. The van der Waals surface area contributed by atoms with Crippen molar-refractivity contribution in [1.29, 1.82) is 0 Å². The zero-order valence-corrected chi connectivity index (χ0v) is 12.3. The lowest BCUT2D eigenvalue weighted by atomic mass is 10.1. The highest BCUT2D eigenvalue weighted by Gasteiger charge is 2.12. The fourth-order valence-corrected chi connectivity index (χ4v) is 2.05. The molecule has 1 amide bonds. The molecule has 5 heteroatoms. The van der Waals surface area contributed by atoms with Crippen LogP contribution in [0.5, 0.6) is 0 Å². The number of benzene rings is 2. The quantitative estimate of drug-likeness (QED) is 0.834. The number of amides is 1. The van der Waals surface area contributed by atoms with Crippen LogP contribution in [0.3, 0.4) is 0 Å². The van der Waals surface area contributed by atoms with Crippen molar-refractivity contribution in [3.8, 4) is 0 Å². The van der Waals surface area contributed by atoms with Crippen LogP contribution >= 0.6 is 27.5 Å². The van der Waals surface area contributed by atoms with Gasteiger partial charge in [0.15, 0.2) is 0 Å². The number of halogens is 3. The number of anilines is 1. The maximum Gasteiger partial charge on any atom is 0.257 e. The molecule has 0 atom stereocenters. The van der Waals surface area contributed by atoms with Gasteiger partial charge in [0.25, 0.3) is 5.91 Å². The van der Waals surface area contributed by atoms with Gasteiger partial charge < -0.3 is 5.32 Å². The number of carbonyl (C=O) groups is 1. The Morgan fingerprint density at radius 3 is 2.74 bits per heavy atom. The molecular formula is C14H10BrClFNO. The molecule has 19 heavy (non-hydrogen) atoms. The normalized spacial score (nSPS) is 10.3. The summed E-state index contributed by atoms with van der Waals surface area (Å²) in [6.45, 7) is 1.82. The molecule has 0 aliphatic rings. The van der Waals surface area contributed by atoms with Gasteiger partial charge in [-0.1, -0.05) is 23.7 Å². The van der Waals surface area contributed by atoms with E-state index in [2.05, 4.69) is 21.2 Å². The Hall–Kier alpha value is -1.39. The van der Waals surface area contributed by atoms with Crippen LogP contribution in [-0.4, -0.2) is 5.91 Å². The fraction of sp³-hybridized carbons (Fsp3) is 0.0714. The molecule has 0 aliphatic carbocycles. The van der Waals surface area contributed by atoms with Crippen LogP contribution in [0.15, 0.2) is 40.9 Å². The minimum Gasteiger partial charge on any atom is -0.322 e. The molecule has 0 heterocycles. The van der Waals surface area contributed by atoms with Gasteiger partial charge >= 0.3 is 0 Å². The van der Waals surface area contributed by atoms with Gasteiger partial charge in [0.05, 0.1) is 15.1 Å². The van der Waals surface area contributed by atoms with Crippen molar-refractivity contribution in [2.45, 2.75) is 6.92 Å². The van der Waals surface area contributed by atoms with Crippen molar-refractivity contribution >= 4 is 39.1 Å². The molecule has 2 nitrogen and oxygen atoms in total. The third-order valence-corrected chi connectivity index (χ3v) is 3.76. The molecule has 2 rings (SSSR count). The Morgan fingerprint density at radius 1 is 1.32 bits per heavy atom. The van der Waals surface area contributed by atoms with Gasteiger partial charge in [-0.05, 0) is 52.7 Å². The monoisotopic (exact) mass is 341 g/mol. The van der Waals surface area contributed by atoms with Gasteiger partial charge in [0.1, 0.15) is 5.82 Å². The lowest BCUT2D eigenvalue weighted by Gasteiger charge is -2.08. The van der Waals surface area contributed by atoms with Crippen LogP contribution in [0.1, 0.15) is 15.9 Å². The first-order chi connectivity index (χ1) is 8.99. The van der Waals surface area contributed by atoms with E-state index >= 15 is 0 Å². The summed E-state index contributed by atoms with van der Waals surface area (Å²) in [7, 11) is 0. The molecule has 0 bridgehead atoms. The van der Waals surface area contributed by atoms with Crippen molar-refractivity contribution in [3.63, 3.8) is 0 Å². The number of carbonyl (C=O) groups excluding carboxylic acids is 1. The minimum atomic E-state index is -0.437. The highest BCUT2D eigenvalue weighted by molar-refractivity contribution is 9.10. The van der Waals surface area contributed by atoms with E-state index in [1.165, 1.54) is 12.1 Å². The highest BCUT2D eigenvalue weighted by Crippen LogP contribution is 2.23. The first-order valence-corrected chi connectivity index (χ1v) is 6.67. The average molecular weight is 343 g/mol. The van der Waals surface area contributed by atoms with Crippen molar-refractivity contribution in [2.75, 3.05) is 5.32 Å². The number of aryl methyl sites for hydroxylation is 1. The minimum absolute atomic E-state index is 0.346. The summed E-state index contributed by atoms with van der Waals surface area (Å²) in [6, 6.07) is 9.57. The predicted octanol–water partition coefficient (Wildman–Crippen LogP) is 4.80. The molecule has 2 aromatic carbocycles. The largest absolute Gasteiger partial charge is 0.322 e. The molecular weight excluding hydrogens is 333 g/mol. The number of hydrogen-bond donors (Lipinski definition) is 1. The smallest absolute Gasteiger partial charge is 0.257 e. The van der Waals surface area contributed by atoms with E-state index in [9.17, 15) is 9.18 Å². The van der Waals surface area contributed by atoms with E-state index < -0.39 is 5.82 Å². The molecule has 0 saturated heterocycles. The molecule has 0 radical (unpaired) electrons. The van der Waals surface area contributed by atoms with Gasteiger partial charge in [0, 0.05) is 5.69 Å². The summed E-state index contributed by atoms with van der Waals surface area (Å²) in [4.78, 5) is 12.1. The maximum atomic E-state index is 13.4. The van der Waals surface area contributed by atoms with E-state index in [0.717, 1.165) is 5.56 Å². The van der Waals surface area contributed by atoms with E-state index in [1.807, 2.05) is 13.0 Å². The lowest BCUT2D eigenvalue weighted by molar-refractivity contribution is 0.102. The van der Waals surface area contributed by atoms with Crippen molar-refractivity contribution in [2.24, 2.45) is 0 Å². The second-order valence-electron chi connectivity index (χ2n) is 4.02. The van der Waals surface area contributed by atoms with E-state index in [-0.39, 0.29) is 5.91 Å². The molecule has 0 aliphatic heterocycles. The molecule has 2 aromatic rings. The topological polar surface area (TPSA) is 29.1 Å². The van der Waals surface area contributed by atoms with Crippen LogP contribution < -0.4 is 5.32 Å². The number of rotatable bonds is 2. The van der Waals surface area contributed by atoms with Gasteiger partial charge in [-0.15, -0.1) is 0 Å². The SMILES string of the molecule is Cc1cccc(C(=O)Nc2ccc(Br)c(F)c2)c1Cl. The van der Waals surface area contributed by atoms with Gasteiger partial charge in [0.2, 0.25) is 0 Å². The Bertz CT molecular complexity index is 645. The van der Waals surface area contributed by atoms with Crippen LogP contribution in [0.25, 0.3) is 0 Å². The third-order valence-electron chi connectivity index (χ3n) is 2.61. The molecule has 1 N–H and O–H groups in total. The van der Waals surface area contributed by atoms with Crippen LogP contribution in [0.4, 0.5) is 10.1 Å². The van der Waals surface area contributed by atoms with Gasteiger partial charge in [-0.25, -0.2) is 4.39 Å². The van der Waals surface area contributed by atoms with Crippen molar-refractivity contribution in [3.05, 3.63) is 62.8 Å². The van der Waals surface area contributed by atoms with Gasteiger partial charge in [-0.2, -0.15) is 0 Å². The summed E-state index contributed by atoms with van der Waals surface area (Å²) < 4.78 is 13.7. The highest BCUT2D eigenvalue weighted by atomic mass is 79.9. The van der Waals surface area contributed by atoms with Crippen LogP contribution in [-0.2, 0) is 0 Å². The molecule has 0 unspecified atom stereocenters. The Morgan fingerprint density at radius 2 is 2.05 bits per heavy atom. The van der Waals surface area contributed by atoms with E-state index in [1.54, 1.807) is 18.2 Å². The first kappa shape index (κ1) is 14.0. The Labute approximate surface area is 123 Å². The predicted molar refractivity (Wildman–Crippen MR) is 78.2 cm³/mol. The maximum absolute atomic E-state index is 13.4. The molecule has 98 valence electrons. The molecule has 0 saturated carbocycles. The second-order valence-corrected chi connectivity index (χ2v) is 5.25. The summed E-state index contributed by atoms with van der Waals surface area (Å²) in [5.41, 5.74) is 1.56. The van der Waals surface area contributed by atoms with Gasteiger partial charge in [-0.3, -0.25) is 4.79 Å². The zero-order valence-electron chi connectivity index (χ0n) is 10.0. The van der Waals surface area contributed by atoms with Crippen LogP contribution in [0.2, 0.25) is 5.02 Å². The van der Waals surface area contributed by atoms with Crippen LogP contribution in [0, 0.1) is 12.7 Å². The summed E-state index contributed by atoms with van der Waals surface area (Å²) in [5, 5.41) is 3.01. The standard InChI is InChI=1S/C14H10BrClFNO/c1-8-3-2-4-10(13(8)16)14(19)18-9-5-6-11(15)12(17)7-9/h2-7H,1H3,(H,18,19). The Kier molecular flexibility index (Phi) is 4.22. The van der Waals surface area contributed by atoms with E-state index in [0.29, 0.717) is 20.7 Å². The number of hydrogen-bond acceptors (Lipinski definition) is 1. The third kappa shape index (κ3) is 3.14. The zero-order chi connectivity index (χ0) is 14.0. The molecule has 0 spiro atoms. The summed E-state index contributed by atoms with van der Waals surface area (Å²) >= 11 is 9.12.